The topological polar surface area (TPSA) is 23.5 Å². The molecular formula is C7H13NO. The smallest absolute Gasteiger partial charge is 0.0874 e. The predicted molar refractivity (Wildman–Crippen MR) is 37.3 cm³/mol. The number of likely N-dealkylation sites (N-methyl/N-ethyl adjacent to an activating group) is 1. The number of aliphatic hydroxyl groups is 1. The maximum absolute atomic E-state index is 9.24. The van der Waals surface area contributed by atoms with Crippen LogP contribution in [-0.4, -0.2) is 36.2 Å². The van der Waals surface area contributed by atoms with E-state index in [0.717, 1.165) is 18.7 Å². The van der Waals surface area contributed by atoms with Crippen LogP contribution in [0.3, 0.4) is 0 Å². The van der Waals surface area contributed by atoms with Gasteiger partial charge in [-0.1, -0.05) is 6.08 Å². The highest BCUT2D eigenvalue weighted by Gasteiger charge is 2.13. The van der Waals surface area contributed by atoms with E-state index in [0.29, 0.717) is 0 Å². The minimum absolute atomic E-state index is 0.233. The fourth-order valence-electron chi connectivity index (χ4n) is 0.950. The fraction of sp³-hybridized carbons (Fsp3) is 0.714. The average Bonchev–Trinajstić information content (AvgIpc) is 1.80. The van der Waals surface area contributed by atoms with Gasteiger partial charge in [0.15, 0.2) is 0 Å². The molecule has 0 saturated heterocycles. The summed E-state index contributed by atoms with van der Waals surface area (Å²) in [7, 11) is 2.01. The summed E-state index contributed by atoms with van der Waals surface area (Å²) < 4.78 is 0. The van der Waals surface area contributed by atoms with Crippen LogP contribution >= 0.6 is 0 Å². The molecule has 2 nitrogen and oxygen atoms in total. The van der Waals surface area contributed by atoms with Crippen LogP contribution in [0.25, 0.3) is 0 Å². The molecule has 9 heavy (non-hydrogen) atoms. The normalized spacial score (nSPS) is 30.1. The van der Waals surface area contributed by atoms with Crippen molar-refractivity contribution in [3.8, 4) is 0 Å². The Hall–Kier alpha value is -0.340. The summed E-state index contributed by atoms with van der Waals surface area (Å²) in [5.41, 5.74) is 1.10. The Labute approximate surface area is 55.8 Å². The summed E-state index contributed by atoms with van der Waals surface area (Å²) in [5, 5.41) is 9.24. The third kappa shape index (κ3) is 1.53. The minimum Gasteiger partial charge on any atom is -0.387 e. The van der Waals surface area contributed by atoms with Crippen LogP contribution in [0.15, 0.2) is 11.6 Å². The van der Waals surface area contributed by atoms with Gasteiger partial charge in [-0.2, -0.15) is 0 Å². The Morgan fingerprint density at radius 2 is 2.44 bits per heavy atom. The van der Waals surface area contributed by atoms with Crippen molar-refractivity contribution in [3.05, 3.63) is 11.6 Å². The molecule has 1 aliphatic heterocycles. The molecule has 1 N–H and O–H groups in total. The number of aliphatic hydroxyl groups excluding tert-OH is 1. The van der Waals surface area contributed by atoms with Crippen LogP contribution < -0.4 is 0 Å². The van der Waals surface area contributed by atoms with Gasteiger partial charge in [0.05, 0.1) is 6.10 Å². The molecule has 0 bridgehead atoms. The zero-order valence-electron chi connectivity index (χ0n) is 5.96. The number of hydrogen-bond acceptors (Lipinski definition) is 2. The van der Waals surface area contributed by atoms with Crippen LogP contribution in [0, 0.1) is 0 Å². The molecule has 0 aromatic carbocycles. The molecule has 0 radical (unpaired) electrons. The van der Waals surface area contributed by atoms with Crippen LogP contribution in [0.5, 0.6) is 0 Å². The molecule has 0 saturated carbocycles. The molecule has 1 heterocycles. The van der Waals surface area contributed by atoms with E-state index in [1.807, 2.05) is 14.0 Å². The lowest BCUT2D eigenvalue weighted by Gasteiger charge is -2.24. The summed E-state index contributed by atoms with van der Waals surface area (Å²) in [5.74, 6) is 0. The Kier molecular flexibility index (Phi) is 1.88. The number of β-amino-alcohol motifs (C(OH)–C–C–N with tert-alkyl or cyclic N) is 1. The Morgan fingerprint density at radius 3 is 2.89 bits per heavy atom. The van der Waals surface area contributed by atoms with Crippen molar-refractivity contribution in [2.75, 3.05) is 20.1 Å². The van der Waals surface area contributed by atoms with E-state index < -0.39 is 0 Å². The maximum atomic E-state index is 9.24. The SMILES string of the molecule is CC1=CCN(C)CC1O. The second kappa shape index (κ2) is 2.50. The van der Waals surface area contributed by atoms with Gasteiger partial charge in [-0.3, -0.25) is 4.90 Å². The van der Waals surface area contributed by atoms with Gasteiger partial charge in [0.2, 0.25) is 0 Å². The highest BCUT2D eigenvalue weighted by atomic mass is 16.3. The van der Waals surface area contributed by atoms with Crippen LogP contribution in [-0.2, 0) is 0 Å². The second-order valence-electron chi connectivity index (χ2n) is 2.69. The van der Waals surface area contributed by atoms with Gasteiger partial charge in [0.25, 0.3) is 0 Å². The van der Waals surface area contributed by atoms with Gasteiger partial charge in [-0.15, -0.1) is 0 Å². The molecule has 2 heteroatoms. The van der Waals surface area contributed by atoms with Gasteiger partial charge in [0, 0.05) is 13.1 Å². The van der Waals surface area contributed by atoms with E-state index in [4.69, 9.17) is 0 Å². The van der Waals surface area contributed by atoms with Gasteiger partial charge in [0.1, 0.15) is 0 Å². The Balaban J connectivity index is 2.56. The summed E-state index contributed by atoms with van der Waals surface area (Å²) in [6.45, 7) is 3.73. The lowest BCUT2D eigenvalue weighted by molar-refractivity contribution is 0.149. The van der Waals surface area contributed by atoms with E-state index in [1.54, 1.807) is 0 Å². The molecule has 0 fully saturated rings. The van der Waals surface area contributed by atoms with Crippen molar-refractivity contribution in [2.45, 2.75) is 13.0 Å². The highest BCUT2D eigenvalue weighted by molar-refractivity contribution is 5.09. The molecule has 52 valence electrons. The standard InChI is InChI=1S/C7H13NO/c1-6-3-4-8(2)5-7(6)9/h3,7,9H,4-5H2,1-2H3. The summed E-state index contributed by atoms with van der Waals surface area (Å²) in [4.78, 5) is 2.09. The number of rotatable bonds is 0. The Bertz CT molecular complexity index is 131. The Morgan fingerprint density at radius 1 is 1.78 bits per heavy atom. The highest BCUT2D eigenvalue weighted by Crippen LogP contribution is 2.07. The molecular weight excluding hydrogens is 114 g/mol. The van der Waals surface area contributed by atoms with E-state index in [1.165, 1.54) is 0 Å². The number of nitrogens with zero attached hydrogens (tertiary/aromatic N) is 1. The van der Waals surface area contributed by atoms with Crippen molar-refractivity contribution < 1.29 is 5.11 Å². The monoisotopic (exact) mass is 127 g/mol. The zero-order chi connectivity index (χ0) is 6.85. The fourth-order valence-corrected chi connectivity index (χ4v) is 0.950. The third-order valence-electron chi connectivity index (χ3n) is 1.74. The first-order valence-electron chi connectivity index (χ1n) is 3.23. The molecule has 0 aromatic heterocycles. The van der Waals surface area contributed by atoms with Gasteiger partial charge in [-0.05, 0) is 19.5 Å². The quantitative estimate of drug-likeness (QED) is 0.471. The first-order valence-corrected chi connectivity index (χ1v) is 3.23. The molecule has 0 aliphatic carbocycles. The number of hydrogen-bond donors (Lipinski definition) is 1. The summed E-state index contributed by atoms with van der Waals surface area (Å²) >= 11 is 0. The van der Waals surface area contributed by atoms with Gasteiger partial charge < -0.3 is 5.11 Å². The van der Waals surface area contributed by atoms with E-state index in [9.17, 15) is 5.11 Å². The van der Waals surface area contributed by atoms with Crippen molar-refractivity contribution in [1.29, 1.82) is 0 Å². The van der Waals surface area contributed by atoms with Gasteiger partial charge >= 0.3 is 0 Å². The van der Waals surface area contributed by atoms with Crippen molar-refractivity contribution >= 4 is 0 Å². The molecule has 1 unspecified atom stereocenters. The lowest BCUT2D eigenvalue weighted by Crippen LogP contribution is -2.34. The summed E-state index contributed by atoms with van der Waals surface area (Å²) in [6, 6.07) is 0. The van der Waals surface area contributed by atoms with Crippen molar-refractivity contribution in [2.24, 2.45) is 0 Å². The lowest BCUT2D eigenvalue weighted by atomic mass is 10.1. The minimum atomic E-state index is -0.233. The van der Waals surface area contributed by atoms with Crippen LogP contribution in [0.1, 0.15) is 6.92 Å². The second-order valence-corrected chi connectivity index (χ2v) is 2.69. The first kappa shape index (κ1) is 6.78. The molecule has 0 amide bonds. The summed E-state index contributed by atoms with van der Waals surface area (Å²) in [6.07, 6.45) is 1.83. The van der Waals surface area contributed by atoms with Gasteiger partial charge in [-0.25, -0.2) is 0 Å². The van der Waals surface area contributed by atoms with Crippen molar-refractivity contribution in [3.63, 3.8) is 0 Å². The average molecular weight is 127 g/mol. The van der Waals surface area contributed by atoms with E-state index in [-0.39, 0.29) is 6.10 Å². The maximum Gasteiger partial charge on any atom is 0.0874 e. The predicted octanol–water partition coefficient (Wildman–Crippen LogP) is 0.239. The van der Waals surface area contributed by atoms with Crippen LogP contribution in [0.4, 0.5) is 0 Å². The molecule has 1 atom stereocenters. The zero-order valence-corrected chi connectivity index (χ0v) is 5.96. The van der Waals surface area contributed by atoms with E-state index >= 15 is 0 Å². The third-order valence-corrected chi connectivity index (χ3v) is 1.74. The first-order chi connectivity index (χ1) is 4.20. The van der Waals surface area contributed by atoms with E-state index in [2.05, 4.69) is 11.0 Å². The van der Waals surface area contributed by atoms with Crippen LogP contribution in [0.2, 0.25) is 0 Å². The largest absolute Gasteiger partial charge is 0.387 e. The molecule has 0 aromatic rings. The molecule has 0 spiro atoms. The molecule has 1 aliphatic rings. The molecule has 1 rings (SSSR count). The van der Waals surface area contributed by atoms with Crippen molar-refractivity contribution in [1.82, 2.24) is 4.90 Å².